The van der Waals surface area contributed by atoms with Crippen molar-refractivity contribution in [3.63, 3.8) is 0 Å². The Morgan fingerprint density at radius 3 is 2.50 bits per heavy atom. The monoisotopic (exact) mass is 217 g/mol. The number of rotatable bonds is 3. The molecule has 1 heterocycles. The molecular weight excluding hydrogens is 202 g/mol. The third-order valence-electron chi connectivity index (χ3n) is 2.53. The zero-order chi connectivity index (χ0) is 11.5. The van der Waals surface area contributed by atoms with Gasteiger partial charge in [-0.3, -0.25) is 0 Å². The Labute approximate surface area is 94.1 Å². The molecule has 1 aromatic heterocycles. The van der Waals surface area contributed by atoms with E-state index >= 15 is 0 Å². The SMILES string of the molecule is Cn1nc(Cc2ccccc2CN)nc1N. The molecule has 0 spiro atoms. The van der Waals surface area contributed by atoms with Gasteiger partial charge in [0.15, 0.2) is 5.82 Å². The van der Waals surface area contributed by atoms with Gasteiger partial charge in [-0.25, -0.2) is 4.68 Å². The number of benzene rings is 1. The van der Waals surface area contributed by atoms with Gasteiger partial charge in [-0.1, -0.05) is 24.3 Å². The Morgan fingerprint density at radius 2 is 1.94 bits per heavy atom. The molecule has 0 unspecified atom stereocenters. The topological polar surface area (TPSA) is 82.8 Å². The van der Waals surface area contributed by atoms with Crippen LogP contribution in [-0.4, -0.2) is 14.8 Å². The summed E-state index contributed by atoms with van der Waals surface area (Å²) in [5, 5.41) is 4.22. The van der Waals surface area contributed by atoms with E-state index in [0.717, 1.165) is 17.0 Å². The van der Waals surface area contributed by atoms with Crippen molar-refractivity contribution in [1.82, 2.24) is 14.8 Å². The van der Waals surface area contributed by atoms with Gasteiger partial charge in [0, 0.05) is 20.0 Å². The number of nitrogens with zero attached hydrogens (tertiary/aromatic N) is 3. The largest absolute Gasteiger partial charge is 0.368 e. The number of anilines is 1. The molecule has 0 saturated carbocycles. The van der Waals surface area contributed by atoms with Gasteiger partial charge in [-0.05, 0) is 11.1 Å². The number of nitrogens with two attached hydrogens (primary N) is 2. The first-order valence-electron chi connectivity index (χ1n) is 5.13. The number of aryl methyl sites for hydroxylation is 1. The van der Waals surface area contributed by atoms with Crippen LogP contribution in [0.4, 0.5) is 5.95 Å². The molecule has 4 N–H and O–H groups in total. The molecule has 0 aliphatic heterocycles. The van der Waals surface area contributed by atoms with Gasteiger partial charge in [0.1, 0.15) is 0 Å². The molecule has 0 amide bonds. The maximum absolute atomic E-state index is 5.67. The first-order valence-corrected chi connectivity index (χ1v) is 5.13. The minimum Gasteiger partial charge on any atom is -0.368 e. The molecule has 0 aliphatic carbocycles. The summed E-state index contributed by atoms with van der Waals surface area (Å²) >= 11 is 0. The second kappa shape index (κ2) is 4.32. The van der Waals surface area contributed by atoms with Crippen molar-refractivity contribution in [3.05, 3.63) is 41.2 Å². The first kappa shape index (κ1) is 10.6. The van der Waals surface area contributed by atoms with Crippen molar-refractivity contribution in [1.29, 1.82) is 0 Å². The summed E-state index contributed by atoms with van der Waals surface area (Å²) in [6, 6.07) is 8.02. The molecule has 0 atom stereocenters. The summed E-state index contributed by atoms with van der Waals surface area (Å²) in [6.07, 6.45) is 0.665. The highest BCUT2D eigenvalue weighted by molar-refractivity contribution is 5.30. The number of hydrogen-bond donors (Lipinski definition) is 2. The molecule has 0 aliphatic rings. The van der Waals surface area contributed by atoms with Gasteiger partial charge in [0.2, 0.25) is 5.95 Å². The van der Waals surface area contributed by atoms with Crippen molar-refractivity contribution in [2.24, 2.45) is 12.8 Å². The van der Waals surface area contributed by atoms with E-state index in [4.69, 9.17) is 11.5 Å². The Bertz CT molecular complexity index is 469. The fourth-order valence-electron chi connectivity index (χ4n) is 1.63. The quantitative estimate of drug-likeness (QED) is 0.781. The average Bonchev–Trinajstić information content (AvgIpc) is 2.59. The van der Waals surface area contributed by atoms with Crippen molar-refractivity contribution < 1.29 is 0 Å². The van der Waals surface area contributed by atoms with E-state index in [1.165, 1.54) is 0 Å². The smallest absolute Gasteiger partial charge is 0.218 e. The fraction of sp³-hybridized carbons (Fsp3) is 0.273. The lowest BCUT2D eigenvalue weighted by Gasteiger charge is -2.04. The molecule has 5 nitrogen and oxygen atoms in total. The first-order chi connectivity index (χ1) is 7.70. The molecule has 2 rings (SSSR count). The van der Waals surface area contributed by atoms with Gasteiger partial charge < -0.3 is 11.5 Å². The third kappa shape index (κ3) is 2.04. The second-order valence-corrected chi connectivity index (χ2v) is 3.66. The van der Waals surface area contributed by atoms with Crippen molar-refractivity contribution in [2.75, 3.05) is 5.73 Å². The molecule has 0 saturated heterocycles. The Balaban J connectivity index is 2.26. The van der Waals surface area contributed by atoms with Gasteiger partial charge in [0.25, 0.3) is 0 Å². The van der Waals surface area contributed by atoms with Gasteiger partial charge in [-0.2, -0.15) is 10.1 Å². The summed E-state index contributed by atoms with van der Waals surface area (Å²) in [5.41, 5.74) is 13.6. The van der Waals surface area contributed by atoms with Crippen molar-refractivity contribution in [3.8, 4) is 0 Å². The van der Waals surface area contributed by atoms with E-state index in [2.05, 4.69) is 10.1 Å². The summed E-state index contributed by atoms with van der Waals surface area (Å²) in [7, 11) is 1.78. The van der Waals surface area contributed by atoms with Crippen LogP contribution in [0.3, 0.4) is 0 Å². The lowest BCUT2D eigenvalue weighted by molar-refractivity contribution is 0.758. The average molecular weight is 217 g/mol. The van der Waals surface area contributed by atoms with Crippen LogP contribution in [0.15, 0.2) is 24.3 Å². The van der Waals surface area contributed by atoms with E-state index in [1.54, 1.807) is 11.7 Å². The van der Waals surface area contributed by atoms with Gasteiger partial charge in [-0.15, -0.1) is 0 Å². The third-order valence-corrected chi connectivity index (χ3v) is 2.53. The summed E-state index contributed by atoms with van der Waals surface area (Å²) in [5.74, 6) is 1.15. The minimum absolute atomic E-state index is 0.431. The van der Waals surface area contributed by atoms with E-state index in [-0.39, 0.29) is 0 Å². The summed E-state index contributed by atoms with van der Waals surface area (Å²) in [4.78, 5) is 4.17. The highest BCUT2D eigenvalue weighted by Gasteiger charge is 2.07. The van der Waals surface area contributed by atoms with Crippen LogP contribution in [0.1, 0.15) is 17.0 Å². The van der Waals surface area contributed by atoms with E-state index in [0.29, 0.717) is 18.9 Å². The maximum Gasteiger partial charge on any atom is 0.218 e. The molecule has 0 bridgehead atoms. The van der Waals surface area contributed by atoms with E-state index in [9.17, 15) is 0 Å². The summed E-state index contributed by atoms with van der Waals surface area (Å²) in [6.45, 7) is 0.526. The van der Waals surface area contributed by atoms with E-state index < -0.39 is 0 Å². The maximum atomic E-state index is 5.67. The van der Waals surface area contributed by atoms with E-state index in [1.807, 2.05) is 24.3 Å². The summed E-state index contributed by atoms with van der Waals surface area (Å²) < 4.78 is 1.57. The Hall–Kier alpha value is -1.88. The standard InChI is InChI=1S/C11H15N5/c1-16-11(13)14-10(15-16)6-8-4-2-3-5-9(8)7-12/h2-5H,6-7,12H2,1H3,(H2,13,14,15). The molecule has 84 valence electrons. The molecular formula is C11H15N5. The molecule has 16 heavy (non-hydrogen) atoms. The number of nitrogen functional groups attached to an aromatic ring is 1. The van der Waals surface area contributed by atoms with Crippen molar-refractivity contribution >= 4 is 5.95 Å². The van der Waals surface area contributed by atoms with Gasteiger partial charge >= 0.3 is 0 Å². The predicted molar refractivity (Wildman–Crippen MR) is 62.6 cm³/mol. The Morgan fingerprint density at radius 1 is 1.25 bits per heavy atom. The zero-order valence-electron chi connectivity index (χ0n) is 9.22. The van der Waals surface area contributed by atoms with Crippen LogP contribution >= 0.6 is 0 Å². The van der Waals surface area contributed by atoms with Crippen LogP contribution < -0.4 is 11.5 Å². The fourth-order valence-corrected chi connectivity index (χ4v) is 1.63. The lowest BCUT2D eigenvalue weighted by Crippen LogP contribution is -2.03. The number of aromatic nitrogens is 3. The molecule has 0 radical (unpaired) electrons. The van der Waals surface area contributed by atoms with Crippen LogP contribution in [0.5, 0.6) is 0 Å². The van der Waals surface area contributed by atoms with Crippen LogP contribution in [0, 0.1) is 0 Å². The van der Waals surface area contributed by atoms with Crippen molar-refractivity contribution in [2.45, 2.75) is 13.0 Å². The van der Waals surface area contributed by atoms with Crippen LogP contribution in [0.2, 0.25) is 0 Å². The second-order valence-electron chi connectivity index (χ2n) is 3.66. The molecule has 0 fully saturated rings. The van der Waals surface area contributed by atoms with Crippen LogP contribution in [0.25, 0.3) is 0 Å². The predicted octanol–water partition coefficient (Wildman–Crippen LogP) is 0.447. The Kier molecular flexibility index (Phi) is 2.87. The lowest BCUT2D eigenvalue weighted by atomic mass is 10.0. The van der Waals surface area contributed by atoms with Crippen LogP contribution in [-0.2, 0) is 20.0 Å². The highest BCUT2D eigenvalue weighted by Crippen LogP contribution is 2.12. The zero-order valence-corrected chi connectivity index (χ0v) is 9.22. The normalized spacial score (nSPS) is 10.6. The van der Waals surface area contributed by atoms with Gasteiger partial charge in [0.05, 0.1) is 0 Å². The molecule has 1 aromatic carbocycles. The number of hydrogen-bond acceptors (Lipinski definition) is 4. The highest BCUT2D eigenvalue weighted by atomic mass is 15.4. The molecule has 5 heteroatoms. The minimum atomic E-state index is 0.431. The molecule has 2 aromatic rings.